The number of nitrogens with zero attached hydrogens (tertiary/aromatic N) is 2. The Balaban J connectivity index is 0.919. The molecule has 2 heteroatoms. The lowest BCUT2D eigenvalue weighted by molar-refractivity contribution is 1.18. The molecule has 0 saturated heterocycles. The molecule has 0 fully saturated rings. The van der Waals surface area contributed by atoms with Gasteiger partial charge in [0, 0.05) is 33.4 Å². The van der Waals surface area contributed by atoms with Gasteiger partial charge < -0.3 is 9.47 Å². The zero-order valence-corrected chi connectivity index (χ0v) is 35.1. The quantitative estimate of drug-likeness (QED) is 0.148. The van der Waals surface area contributed by atoms with E-state index in [4.69, 9.17) is 0 Å². The van der Waals surface area contributed by atoms with Crippen LogP contribution in [0, 0.1) is 0 Å². The van der Waals surface area contributed by atoms with Gasteiger partial charge in [-0.25, -0.2) is 0 Å². The Morgan fingerprint density at radius 1 is 0.234 bits per heavy atom. The maximum atomic E-state index is 2.41. The van der Waals surface area contributed by atoms with E-state index in [1.165, 1.54) is 82.3 Å². The van der Waals surface area contributed by atoms with Gasteiger partial charge in [-0.05, 0) is 115 Å². The van der Waals surface area contributed by atoms with Crippen molar-refractivity contribution in [2.45, 2.75) is 0 Å². The molecule has 1 aromatic heterocycles. The third kappa shape index (κ3) is 6.52. The van der Waals surface area contributed by atoms with Crippen LogP contribution in [0.15, 0.2) is 255 Å². The number of anilines is 3. The molecule has 0 saturated carbocycles. The lowest BCUT2D eigenvalue weighted by Crippen LogP contribution is -2.09. The summed E-state index contributed by atoms with van der Waals surface area (Å²) in [6.45, 7) is 0. The van der Waals surface area contributed by atoms with Crippen molar-refractivity contribution in [1.29, 1.82) is 0 Å². The van der Waals surface area contributed by atoms with E-state index >= 15 is 0 Å². The van der Waals surface area contributed by atoms with E-state index in [9.17, 15) is 0 Å². The normalized spacial score (nSPS) is 11.4. The van der Waals surface area contributed by atoms with Crippen molar-refractivity contribution in [2.24, 2.45) is 0 Å². The summed E-state index contributed by atoms with van der Waals surface area (Å²) in [6.07, 6.45) is 0. The summed E-state index contributed by atoms with van der Waals surface area (Å²) in [5.41, 5.74) is 16.4. The predicted octanol–water partition coefficient (Wildman–Crippen LogP) is 17.2. The lowest BCUT2D eigenvalue weighted by Gasteiger charge is -2.26. The molecule has 0 spiro atoms. The molecule has 2 nitrogen and oxygen atoms in total. The molecular weight excluding hydrogens is 773 g/mol. The van der Waals surface area contributed by atoms with E-state index in [-0.39, 0.29) is 0 Å². The Labute approximate surface area is 373 Å². The molecule has 0 bridgehead atoms. The van der Waals surface area contributed by atoms with Crippen molar-refractivity contribution < 1.29 is 0 Å². The number of hydrogen-bond acceptors (Lipinski definition) is 1. The van der Waals surface area contributed by atoms with Crippen molar-refractivity contribution in [3.05, 3.63) is 255 Å². The van der Waals surface area contributed by atoms with Gasteiger partial charge in [-0.15, -0.1) is 0 Å². The number of para-hydroxylation sites is 3. The first kappa shape index (κ1) is 37.3. The van der Waals surface area contributed by atoms with Gasteiger partial charge in [-0.1, -0.05) is 200 Å². The monoisotopic (exact) mass is 814 g/mol. The fourth-order valence-electron chi connectivity index (χ4n) is 9.72. The molecule has 0 aliphatic carbocycles. The Hall–Kier alpha value is -8.46. The fraction of sp³-hybridized carbons (Fsp3) is 0. The van der Waals surface area contributed by atoms with E-state index in [0.717, 1.165) is 28.3 Å². The summed E-state index contributed by atoms with van der Waals surface area (Å²) in [7, 11) is 0. The van der Waals surface area contributed by atoms with Gasteiger partial charge in [0.1, 0.15) is 0 Å². The van der Waals surface area contributed by atoms with Crippen LogP contribution >= 0.6 is 0 Å². The van der Waals surface area contributed by atoms with Crippen molar-refractivity contribution >= 4 is 60.4 Å². The second kappa shape index (κ2) is 15.8. The van der Waals surface area contributed by atoms with Gasteiger partial charge in [0.15, 0.2) is 0 Å². The highest BCUT2D eigenvalue weighted by Gasteiger charge is 2.18. The van der Waals surface area contributed by atoms with Crippen LogP contribution in [0.2, 0.25) is 0 Å². The first-order valence-electron chi connectivity index (χ1n) is 22.0. The van der Waals surface area contributed by atoms with Gasteiger partial charge >= 0.3 is 0 Å². The smallest absolute Gasteiger partial charge is 0.0541 e. The molecule has 0 amide bonds. The largest absolute Gasteiger partial charge is 0.311 e. The second-order valence-corrected chi connectivity index (χ2v) is 16.5. The molecule has 0 radical (unpaired) electrons. The summed E-state index contributed by atoms with van der Waals surface area (Å²) < 4.78 is 2.41. The molecule has 300 valence electrons. The third-order valence-electron chi connectivity index (χ3n) is 12.8. The highest BCUT2D eigenvalue weighted by Crippen LogP contribution is 2.41. The van der Waals surface area contributed by atoms with Crippen LogP contribution in [0.25, 0.3) is 93.5 Å². The zero-order chi connectivity index (χ0) is 42.4. The van der Waals surface area contributed by atoms with Crippen LogP contribution in [0.1, 0.15) is 0 Å². The minimum atomic E-state index is 1.09. The average Bonchev–Trinajstić information content (AvgIpc) is 3.71. The van der Waals surface area contributed by atoms with Crippen LogP contribution in [-0.2, 0) is 0 Å². The summed E-state index contributed by atoms with van der Waals surface area (Å²) in [4.78, 5) is 2.36. The van der Waals surface area contributed by atoms with Crippen LogP contribution in [-0.4, -0.2) is 4.57 Å². The number of benzene rings is 11. The molecule has 12 rings (SSSR count). The van der Waals surface area contributed by atoms with E-state index < -0.39 is 0 Å². The number of hydrogen-bond donors (Lipinski definition) is 0. The zero-order valence-electron chi connectivity index (χ0n) is 35.1. The Morgan fingerprint density at radius 2 is 0.562 bits per heavy atom. The maximum absolute atomic E-state index is 2.41. The standard InChI is InChI=1S/C62H42N2/c1-3-17-53-45(13-1)15-11-22-55(53)47-29-27-43(28-30-47)44-31-37-50(38-32-44)63(51-39-33-48(34-40-51)56-23-12-16-46-14-2-4-18-54(46)56)52-41-35-49(36-42-52)57-19-5-8-24-60(57)64-61-25-9-6-20-58(61)59-21-7-10-26-62(59)64/h1-42H. The topological polar surface area (TPSA) is 8.17 Å². The Morgan fingerprint density at radius 3 is 1.06 bits per heavy atom. The molecular formula is C62H42N2. The molecule has 0 unspecified atom stereocenters. The second-order valence-electron chi connectivity index (χ2n) is 16.5. The first-order chi connectivity index (χ1) is 31.7. The minimum absolute atomic E-state index is 1.09. The average molecular weight is 815 g/mol. The van der Waals surface area contributed by atoms with Crippen molar-refractivity contribution in [2.75, 3.05) is 4.90 Å². The van der Waals surface area contributed by atoms with Crippen LogP contribution in [0.5, 0.6) is 0 Å². The minimum Gasteiger partial charge on any atom is -0.311 e. The highest BCUT2D eigenvalue weighted by molar-refractivity contribution is 6.10. The van der Waals surface area contributed by atoms with Crippen LogP contribution in [0.3, 0.4) is 0 Å². The molecule has 0 aliphatic rings. The van der Waals surface area contributed by atoms with E-state index in [1.54, 1.807) is 0 Å². The predicted molar refractivity (Wildman–Crippen MR) is 272 cm³/mol. The molecule has 0 atom stereocenters. The van der Waals surface area contributed by atoms with Crippen LogP contribution < -0.4 is 4.90 Å². The van der Waals surface area contributed by atoms with Gasteiger partial charge in [0.05, 0.1) is 16.7 Å². The molecule has 0 N–H and O–H groups in total. The van der Waals surface area contributed by atoms with Gasteiger partial charge in [0.2, 0.25) is 0 Å². The van der Waals surface area contributed by atoms with E-state index in [2.05, 4.69) is 264 Å². The number of rotatable bonds is 8. The third-order valence-corrected chi connectivity index (χ3v) is 12.8. The van der Waals surface area contributed by atoms with Crippen LogP contribution in [0.4, 0.5) is 17.1 Å². The summed E-state index contributed by atoms with van der Waals surface area (Å²) in [5.74, 6) is 0. The lowest BCUT2D eigenvalue weighted by atomic mass is 9.96. The van der Waals surface area contributed by atoms with E-state index in [0.29, 0.717) is 0 Å². The Kier molecular flexibility index (Phi) is 9.20. The maximum Gasteiger partial charge on any atom is 0.0541 e. The summed E-state index contributed by atoms with van der Waals surface area (Å²) in [6, 6.07) is 92.6. The van der Waals surface area contributed by atoms with Gasteiger partial charge in [-0.2, -0.15) is 0 Å². The number of aromatic nitrogens is 1. The molecule has 64 heavy (non-hydrogen) atoms. The first-order valence-corrected chi connectivity index (χ1v) is 22.0. The van der Waals surface area contributed by atoms with Gasteiger partial charge in [-0.3, -0.25) is 0 Å². The van der Waals surface area contributed by atoms with Gasteiger partial charge in [0.25, 0.3) is 0 Å². The molecule has 11 aromatic carbocycles. The van der Waals surface area contributed by atoms with E-state index in [1.807, 2.05) is 0 Å². The summed E-state index contributed by atoms with van der Waals surface area (Å²) in [5, 5.41) is 7.54. The molecule has 1 heterocycles. The van der Waals surface area contributed by atoms with Crippen molar-refractivity contribution in [3.63, 3.8) is 0 Å². The van der Waals surface area contributed by atoms with Crippen molar-refractivity contribution in [3.8, 4) is 50.2 Å². The molecule has 0 aliphatic heterocycles. The number of fused-ring (bicyclic) bond motifs is 5. The van der Waals surface area contributed by atoms with Crippen molar-refractivity contribution in [1.82, 2.24) is 4.57 Å². The molecule has 12 aromatic rings. The SMILES string of the molecule is c1ccc(-n2c3ccccc3c3ccccc32)c(-c2ccc(N(c3ccc(-c4ccc(-c5cccc6ccccc56)cc4)cc3)c3ccc(-c4cccc5ccccc45)cc3)cc2)c1. The summed E-state index contributed by atoms with van der Waals surface area (Å²) >= 11 is 0. The Bertz CT molecular complexity index is 3570. The highest BCUT2D eigenvalue weighted by atomic mass is 15.1. The fourth-order valence-corrected chi connectivity index (χ4v) is 9.72.